The van der Waals surface area contributed by atoms with Gasteiger partial charge in [-0.05, 0) is 5.92 Å². The number of rotatable bonds is 1. The van der Waals surface area contributed by atoms with Crippen molar-refractivity contribution in [3.05, 3.63) is 11.8 Å². The minimum Gasteiger partial charge on any atom is -0.342 e. The Labute approximate surface area is 71.0 Å². The zero-order chi connectivity index (χ0) is 9.14. The highest BCUT2D eigenvalue weighted by molar-refractivity contribution is 6.02. The maximum atomic E-state index is 11.1. The van der Waals surface area contributed by atoms with Gasteiger partial charge in [0, 0.05) is 0 Å². The molecule has 0 radical (unpaired) electrons. The van der Waals surface area contributed by atoms with Gasteiger partial charge in [0.05, 0.1) is 6.54 Å². The summed E-state index contributed by atoms with van der Waals surface area (Å²) in [6.45, 7) is 3.97. The molecule has 0 atom stereocenters. The molecular formula is C8H12N2O2. The summed E-state index contributed by atoms with van der Waals surface area (Å²) in [7, 11) is 0. The van der Waals surface area contributed by atoms with Crippen LogP contribution in [-0.4, -0.2) is 18.4 Å². The number of allylic oxidation sites excluding steroid dienone is 1. The Hall–Kier alpha value is -1.32. The average Bonchev–Trinajstić information content (AvgIpc) is 1.96. The van der Waals surface area contributed by atoms with Crippen LogP contribution in [0.4, 0.5) is 0 Å². The first kappa shape index (κ1) is 8.77. The summed E-state index contributed by atoms with van der Waals surface area (Å²) >= 11 is 0. The van der Waals surface area contributed by atoms with Crippen LogP contribution in [-0.2, 0) is 9.59 Å². The van der Waals surface area contributed by atoms with Crippen LogP contribution in [0.25, 0.3) is 0 Å². The van der Waals surface area contributed by atoms with E-state index in [0.29, 0.717) is 5.70 Å². The summed E-state index contributed by atoms with van der Waals surface area (Å²) in [6, 6.07) is 0. The van der Waals surface area contributed by atoms with E-state index in [1.54, 1.807) is 6.08 Å². The predicted molar refractivity (Wildman–Crippen MR) is 44.1 cm³/mol. The van der Waals surface area contributed by atoms with Gasteiger partial charge in [-0.25, -0.2) is 0 Å². The van der Waals surface area contributed by atoms with Crippen LogP contribution in [0.15, 0.2) is 11.8 Å². The third-order valence-electron chi connectivity index (χ3n) is 1.43. The lowest BCUT2D eigenvalue weighted by Gasteiger charge is -2.16. The number of carbonyl (C=O) groups excluding carboxylic acids is 2. The Bertz CT molecular complexity index is 243. The molecule has 0 bridgehead atoms. The van der Waals surface area contributed by atoms with Crippen LogP contribution >= 0.6 is 0 Å². The fourth-order valence-corrected chi connectivity index (χ4v) is 0.958. The summed E-state index contributed by atoms with van der Waals surface area (Å²) in [5.41, 5.74) is 0.362. The van der Waals surface area contributed by atoms with Crippen molar-refractivity contribution in [2.24, 2.45) is 5.92 Å². The second-order valence-corrected chi connectivity index (χ2v) is 3.06. The second-order valence-electron chi connectivity index (χ2n) is 3.06. The molecule has 66 valence electrons. The number of hydrogen-bond donors (Lipinski definition) is 2. The normalized spacial score (nSPS) is 21.1. The van der Waals surface area contributed by atoms with Crippen molar-refractivity contribution in [3.8, 4) is 0 Å². The van der Waals surface area contributed by atoms with Gasteiger partial charge in [-0.15, -0.1) is 0 Å². The van der Waals surface area contributed by atoms with Crippen molar-refractivity contribution in [2.75, 3.05) is 6.54 Å². The van der Waals surface area contributed by atoms with Crippen LogP contribution in [0, 0.1) is 5.92 Å². The van der Waals surface area contributed by atoms with E-state index in [9.17, 15) is 9.59 Å². The van der Waals surface area contributed by atoms with Gasteiger partial charge in [-0.2, -0.15) is 0 Å². The third-order valence-corrected chi connectivity index (χ3v) is 1.43. The Morgan fingerprint density at radius 3 is 2.67 bits per heavy atom. The van der Waals surface area contributed by atoms with Gasteiger partial charge in [0.2, 0.25) is 5.91 Å². The molecule has 1 rings (SSSR count). The smallest absolute Gasteiger partial charge is 0.267 e. The molecule has 4 nitrogen and oxygen atoms in total. The van der Waals surface area contributed by atoms with E-state index >= 15 is 0 Å². The Morgan fingerprint density at radius 1 is 1.42 bits per heavy atom. The maximum Gasteiger partial charge on any atom is 0.267 e. The van der Waals surface area contributed by atoms with Crippen LogP contribution < -0.4 is 10.6 Å². The van der Waals surface area contributed by atoms with Gasteiger partial charge in [0.25, 0.3) is 5.91 Å². The van der Waals surface area contributed by atoms with E-state index in [1.165, 1.54) is 0 Å². The lowest BCUT2D eigenvalue weighted by atomic mass is 10.1. The molecular weight excluding hydrogens is 156 g/mol. The van der Waals surface area contributed by atoms with E-state index in [4.69, 9.17) is 0 Å². The first-order valence-electron chi connectivity index (χ1n) is 3.89. The van der Waals surface area contributed by atoms with Crippen LogP contribution in [0.3, 0.4) is 0 Å². The molecule has 2 amide bonds. The van der Waals surface area contributed by atoms with Gasteiger partial charge in [-0.1, -0.05) is 19.9 Å². The quantitative estimate of drug-likeness (QED) is 0.531. The molecule has 0 aromatic carbocycles. The number of nitrogens with one attached hydrogen (secondary N) is 2. The lowest BCUT2D eigenvalue weighted by Crippen LogP contribution is -2.47. The molecule has 1 aliphatic heterocycles. The topological polar surface area (TPSA) is 58.2 Å². The minimum atomic E-state index is -0.205. The predicted octanol–water partition coefficient (Wildman–Crippen LogP) is -0.228. The molecule has 1 aliphatic rings. The molecule has 0 aliphatic carbocycles. The van der Waals surface area contributed by atoms with E-state index in [-0.39, 0.29) is 24.3 Å². The van der Waals surface area contributed by atoms with Gasteiger partial charge in [-0.3, -0.25) is 9.59 Å². The summed E-state index contributed by atoms with van der Waals surface area (Å²) < 4.78 is 0. The molecule has 1 saturated heterocycles. The average molecular weight is 168 g/mol. The summed E-state index contributed by atoms with van der Waals surface area (Å²) in [5.74, 6) is -0.117. The molecule has 12 heavy (non-hydrogen) atoms. The summed E-state index contributed by atoms with van der Waals surface area (Å²) in [6.07, 6.45) is 1.73. The highest BCUT2D eigenvalue weighted by Gasteiger charge is 2.18. The first-order chi connectivity index (χ1) is 5.59. The van der Waals surface area contributed by atoms with Crippen molar-refractivity contribution in [3.63, 3.8) is 0 Å². The standard InChI is InChI=1S/C8H12N2O2/c1-5(2)3-6-8(12)9-4-7(11)10-6/h3,5H,4H2,1-2H3,(H,9,12)(H,10,11). The molecule has 2 N–H and O–H groups in total. The minimum absolute atomic E-state index is 0.0776. The number of carbonyl (C=O) groups is 2. The summed E-state index contributed by atoms with van der Waals surface area (Å²) in [5, 5.41) is 4.98. The Balaban J connectivity index is 2.73. The van der Waals surface area contributed by atoms with Crippen LogP contribution in [0.1, 0.15) is 13.8 Å². The Kier molecular flexibility index (Phi) is 2.47. The van der Waals surface area contributed by atoms with Crippen molar-refractivity contribution >= 4 is 11.8 Å². The zero-order valence-corrected chi connectivity index (χ0v) is 7.18. The van der Waals surface area contributed by atoms with E-state index < -0.39 is 0 Å². The molecule has 0 aromatic heterocycles. The number of amides is 2. The first-order valence-corrected chi connectivity index (χ1v) is 3.89. The van der Waals surface area contributed by atoms with Gasteiger partial charge < -0.3 is 10.6 Å². The monoisotopic (exact) mass is 168 g/mol. The van der Waals surface area contributed by atoms with Gasteiger partial charge >= 0.3 is 0 Å². The van der Waals surface area contributed by atoms with Crippen LogP contribution in [0.2, 0.25) is 0 Å². The molecule has 1 heterocycles. The van der Waals surface area contributed by atoms with Crippen LogP contribution in [0.5, 0.6) is 0 Å². The van der Waals surface area contributed by atoms with E-state index in [1.807, 2.05) is 13.8 Å². The molecule has 0 saturated carbocycles. The maximum absolute atomic E-state index is 11.1. The van der Waals surface area contributed by atoms with Gasteiger partial charge in [0.1, 0.15) is 5.70 Å². The third kappa shape index (κ3) is 2.08. The van der Waals surface area contributed by atoms with E-state index in [2.05, 4.69) is 10.6 Å². The zero-order valence-electron chi connectivity index (χ0n) is 7.18. The fraction of sp³-hybridized carbons (Fsp3) is 0.500. The number of piperazine rings is 1. The van der Waals surface area contributed by atoms with Crippen molar-refractivity contribution < 1.29 is 9.59 Å². The summed E-state index contributed by atoms with van der Waals surface area (Å²) in [4.78, 5) is 21.9. The van der Waals surface area contributed by atoms with Crippen molar-refractivity contribution in [1.29, 1.82) is 0 Å². The highest BCUT2D eigenvalue weighted by Crippen LogP contribution is 2.01. The second kappa shape index (κ2) is 3.38. The van der Waals surface area contributed by atoms with Crippen molar-refractivity contribution in [1.82, 2.24) is 10.6 Å². The van der Waals surface area contributed by atoms with Crippen molar-refractivity contribution in [2.45, 2.75) is 13.8 Å². The molecule has 4 heteroatoms. The van der Waals surface area contributed by atoms with E-state index in [0.717, 1.165) is 0 Å². The largest absolute Gasteiger partial charge is 0.342 e. The lowest BCUT2D eigenvalue weighted by molar-refractivity contribution is -0.128. The fourth-order valence-electron chi connectivity index (χ4n) is 0.958. The highest BCUT2D eigenvalue weighted by atomic mass is 16.2. The molecule has 0 aromatic rings. The van der Waals surface area contributed by atoms with Gasteiger partial charge in [0.15, 0.2) is 0 Å². The molecule has 0 spiro atoms. The molecule has 1 fully saturated rings. The Morgan fingerprint density at radius 2 is 2.08 bits per heavy atom. The molecule has 0 unspecified atom stereocenters. The number of hydrogen-bond acceptors (Lipinski definition) is 2. The SMILES string of the molecule is CC(C)C=C1NC(=O)CNC1=O.